The number of aryl methyl sites for hydroxylation is 1. The van der Waals surface area contributed by atoms with Gasteiger partial charge in [-0.25, -0.2) is 4.68 Å². The molecule has 3 rings (SSSR count). The maximum absolute atomic E-state index is 12.3. The van der Waals surface area contributed by atoms with E-state index >= 15 is 0 Å². The van der Waals surface area contributed by atoms with Crippen molar-refractivity contribution in [2.75, 3.05) is 0 Å². The Morgan fingerprint density at radius 2 is 2.05 bits per heavy atom. The number of fused-ring (bicyclic) bond motifs is 1. The van der Waals surface area contributed by atoms with Crippen molar-refractivity contribution in [1.82, 2.24) is 15.1 Å². The first-order valence-electron chi connectivity index (χ1n) is 7.10. The summed E-state index contributed by atoms with van der Waals surface area (Å²) >= 11 is 0. The Morgan fingerprint density at radius 1 is 1.36 bits per heavy atom. The van der Waals surface area contributed by atoms with Gasteiger partial charge < -0.3 is 11.1 Å². The molecule has 1 aromatic heterocycles. The monoisotopic (exact) mass is 298 g/mol. The zero-order valence-corrected chi connectivity index (χ0v) is 12.8. The third-order valence-electron chi connectivity index (χ3n) is 3.84. The number of hydrogen-bond acceptors (Lipinski definition) is 3. The second-order valence-electron chi connectivity index (χ2n) is 6.22. The number of benzene rings is 1. The lowest BCUT2D eigenvalue weighted by molar-refractivity contribution is 0.0895. The summed E-state index contributed by atoms with van der Waals surface area (Å²) in [5.41, 5.74) is 8.11. The van der Waals surface area contributed by atoms with E-state index in [2.05, 4.69) is 10.4 Å². The number of hydrogen-bond donors (Lipinski definition) is 2. The Kier molecular flexibility index (Phi) is 3.05. The molecular weight excluding hydrogens is 280 g/mol. The van der Waals surface area contributed by atoms with Gasteiger partial charge in [-0.1, -0.05) is 12.1 Å². The second-order valence-corrected chi connectivity index (χ2v) is 6.22. The Hall–Kier alpha value is -2.63. The maximum Gasteiger partial charge on any atom is 0.255 e. The average molecular weight is 298 g/mol. The summed E-state index contributed by atoms with van der Waals surface area (Å²) in [6.45, 7) is 5.71. The normalized spacial score (nSPS) is 16.0. The molecule has 1 aliphatic rings. The minimum absolute atomic E-state index is 0.133. The number of nitrogens with one attached hydrogen (secondary N) is 1. The maximum atomic E-state index is 12.3. The van der Waals surface area contributed by atoms with E-state index in [1.54, 1.807) is 29.8 Å². The summed E-state index contributed by atoms with van der Waals surface area (Å²) in [7, 11) is 0. The van der Waals surface area contributed by atoms with Crippen molar-refractivity contribution in [3.05, 3.63) is 46.8 Å². The zero-order chi connectivity index (χ0) is 16.1. The van der Waals surface area contributed by atoms with Gasteiger partial charge in [0.05, 0.1) is 28.2 Å². The largest absolute Gasteiger partial charge is 0.366 e. The molecule has 0 saturated heterocycles. The Bertz CT molecular complexity index is 789. The lowest BCUT2D eigenvalue weighted by Crippen LogP contribution is -2.49. The van der Waals surface area contributed by atoms with Crippen LogP contribution in [0.2, 0.25) is 0 Å². The van der Waals surface area contributed by atoms with E-state index < -0.39 is 5.91 Å². The summed E-state index contributed by atoms with van der Waals surface area (Å²) in [6, 6.07) is 7.02. The number of rotatable bonds is 2. The number of nitrogens with zero attached hydrogens (tertiary/aromatic N) is 2. The van der Waals surface area contributed by atoms with E-state index in [-0.39, 0.29) is 11.4 Å². The van der Waals surface area contributed by atoms with Crippen molar-refractivity contribution >= 4 is 11.8 Å². The number of carbonyl (C=O) groups is 2. The molecule has 22 heavy (non-hydrogen) atoms. The van der Waals surface area contributed by atoms with Crippen LogP contribution in [0, 0.1) is 6.92 Å². The summed E-state index contributed by atoms with van der Waals surface area (Å²) in [5, 5.41) is 7.44. The Balaban J connectivity index is 2.25. The molecule has 2 heterocycles. The zero-order valence-electron chi connectivity index (χ0n) is 12.8. The van der Waals surface area contributed by atoms with Crippen molar-refractivity contribution in [3.63, 3.8) is 0 Å². The molecule has 6 nitrogen and oxygen atoms in total. The van der Waals surface area contributed by atoms with Crippen molar-refractivity contribution in [3.8, 4) is 5.69 Å². The first kappa shape index (κ1) is 14.3. The molecule has 0 aliphatic carbocycles. The molecule has 114 valence electrons. The number of amides is 2. The SMILES string of the molecule is Cc1nn(-c2ccccc2C(N)=O)c2c1C(=O)NC(C)(C)C2. The predicted molar refractivity (Wildman–Crippen MR) is 82.1 cm³/mol. The fourth-order valence-electron chi connectivity index (χ4n) is 2.93. The van der Waals surface area contributed by atoms with Crippen molar-refractivity contribution in [2.24, 2.45) is 5.73 Å². The fourth-order valence-corrected chi connectivity index (χ4v) is 2.93. The van der Waals surface area contributed by atoms with E-state index in [4.69, 9.17) is 5.73 Å². The van der Waals surface area contributed by atoms with Gasteiger partial charge in [0.25, 0.3) is 11.8 Å². The molecule has 0 saturated carbocycles. The smallest absolute Gasteiger partial charge is 0.255 e. The fraction of sp³-hybridized carbons (Fsp3) is 0.312. The summed E-state index contributed by atoms with van der Waals surface area (Å²) in [4.78, 5) is 24.0. The molecule has 0 spiro atoms. The van der Waals surface area contributed by atoms with Gasteiger partial charge in [-0.05, 0) is 32.9 Å². The molecule has 3 N–H and O–H groups in total. The molecule has 0 atom stereocenters. The van der Waals surface area contributed by atoms with Gasteiger partial charge >= 0.3 is 0 Å². The predicted octanol–water partition coefficient (Wildman–Crippen LogP) is 1.34. The van der Waals surface area contributed by atoms with Crippen LogP contribution >= 0.6 is 0 Å². The molecule has 2 aromatic rings. The molecular formula is C16H18N4O2. The van der Waals surface area contributed by atoms with E-state index in [0.717, 1.165) is 5.69 Å². The lowest BCUT2D eigenvalue weighted by atomic mass is 9.90. The number of nitrogens with two attached hydrogens (primary N) is 1. The van der Waals surface area contributed by atoms with E-state index in [1.165, 1.54) is 0 Å². The topological polar surface area (TPSA) is 90.0 Å². The average Bonchev–Trinajstić information content (AvgIpc) is 2.74. The van der Waals surface area contributed by atoms with Crippen LogP contribution in [0.5, 0.6) is 0 Å². The summed E-state index contributed by atoms with van der Waals surface area (Å²) < 4.78 is 1.67. The van der Waals surface area contributed by atoms with Crippen molar-refractivity contribution in [2.45, 2.75) is 32.7 Å². The molecule has 2 amide bonds. The Morgan fingerprint density at radius 3 is 2.73 bits per heavy atom. The summed E-state index contributed by atoms with van der Waals surface area (Å²) in [6.07, 6.45) is 0.627. The van der Waals surface area contributed by atoms with Gasteiger partial charge in [-0.3, -0.25) is 9.59 Å². The number of carbonyl (C=O) groups excluding carboxylic acids is 2. The summed E-state index contributed by atoms with van der Waals surface area (Å²) in [5.74, 6) is -0.649. The number of aromatic nitrogens is 2. The van der Waals surface area contributed by atoms with Crippen LogP contribution < -0.4 is 11.1 Å². The highest BCUT2D eigenvalue weighted by Crippen LogP contribution is 2.28. The highest BCUT2D eigenvalue weighted by molar-refractivity contribution is 5.99. The van der Waals surface area contributed by atoms with Crippen molar-refractivity contribution < 1.29 is 9.59 Å². The van der Waals surface area contributed by atoms with Crippen LogP contribution in [0.3, 0.4) is 0 Å². The minimum Gasteiger partial charge on any atom is -0.366 e. The highest BCUT2D eigenvalue weighted by atomic mass is 16.2. The minimum atomic E-state index is -0.517. The van der Waals surface area contributed by atoms with Gasteiger partial charge in [0.15, 0.2) is 0 Å². The molecule has 0 radical (unpaired) electrons. The third kappa shape index (κ3) is 2.16. The van der Waals surface area contributed by atoms with E-state index in [1.807, 2.05) is 19.9 Å². The van der Waals surface area contributed by atoms with Gasteiger partial charge in [0.1, 0.15) is 0 Å². The highest BCUT2D eigenvalue weighted by Gasteiger charge is 2.35. The van der Waals surface area contributed by atoms with Crippen LogP contribution in [-0.2, 0) is 6.42 Å². The van der Waals surface area contributed by atoms with Crippen LogP contribution in [0.1, 0.15) is 46.0 Å². The molecule has 0 bridgehead atoms. The van der Waals surface area contributed by atoms with E-state index in [9.17, 15) is 9.59 Å². The first-order valence-corrected chi connectivity index (χ1v) is 7.10. The van der Waals surface area contributed by atoms with Crippen LogP contribution in [0.15, 0.2) is 24.3 Å². The van der Waals surface area contributed by atoms with Gasteiger partial charge in [0, 0.05) is 12.0 Å². The number of primary amides is 1. The van der Waals surface area contributed by atoms with Gasteiger partial charge in [-0.15, -0.1) is 0 Å². The van der Waals surface area contributed by atoms with Crippen LogP contribution in [0.4, 0.5) is 0 Å². The lowest BCUT2D eigenvalue weighted by Gasteiger charge is -2.31. The van der Waals surface area contributed by atoms with Crippen LogP contribution in [0.25, 0.3) is 5.69 Å². The van der Waals surface area contributed by atoms with E-state index in [0.29, 0.717) is 28.9 Å². The quantitative estimate of drug-likeness (QED) is 0.876. The molecule has 0 unspecified atom stereocenters. The first-order chi connectivity index (χ1) is 10.3. The molecule has 1 aliphatic heterocycles. The second kappa shape index (κ2) is 4.69. The van der Waals surface area contributed by atoms with Crippen molar-refractivity contribution in [1.29, 1.82) is 0 Å². The van der Waals surface area contributed by atoms with Gasteiger partial charge in [-0.2, -0.15) is 5.10 Å². The van der Waals surface area contributed by atoms with Gasteiger partial charge in [0.2, 0.25) is 0 Å². The number of para-hydroxylation sites is 1. The molecule has 0 fully saturated rings. The standard InChI is InChI=1S/C16H18N4O2/c1-9-13-12(8-16(2,3)18-15(13)22)20(19-9)11-7-5-4-6-10(11)14(17)21/h4-7H,8H2,1-3H3,(H2,17,21)(H,18,22). The Labute approximate surface area is 128 Å². The van der Waals surface area contributed by atoms with Crippen LogP contribution in [-0.4, -0.2) is 27.1 Å². The molecule has 6 heteroatoms. The third-order valence-corrected chi connectivity index (χ3v) is 3.84. The molecule has 1 aromatic carbocycles.